The van der Waals surface area contributed by atoms with Gasteiger partial charge in [0.15, 0.2) is 0 Å². The first-order valence-electron chi connectivity index (χ1n) is 10.8. The number of aromatic nitrogens is 3. The first-order valence-corrected chi connectivity index (χ1v) is 11.7. The van der Waals surface area contributed by atoms with Gasteiger partial charge in [0, 0.05) is 11.6 Å². The lowest BCUT2D eigenvalue weighted by atomic mass is 10.2. The fraction of sp³-hybridized carbons (Fsp3) is 0.115. The number of para-hydroxylation sites is 2. The van der Waals surface area contributed by atoms with Crippen LogP contribution >= 0.6 is 11.3 Å². The van der Waals surface area contributed by atoms with Gasteiger partial charge in [0.2, 0.25) is 5.13 Å². The summed E-state index contributed by atoms with van der Waals surface area (Å²) in [6.45, 7) is 4.38. The fourth-order valence-corrected chi connectivity index (χ4v) is 4.44. The topological polar surface area (TPSA) is 78.3 Å². The summed E-state index contributed by atoms with van der Waals surface area (Å²) in [5.41, 5.74) is 2.06. The molecule has 0 radical (unpaired) electrons. The van der Waals surface area contributed by atoms with Gasteiger partial charge in [0.25, 0.3) is 5.91 Å². The molecule has 0 spiro atoms. The van der Waals surface area contributed by atoms with Crippen LogP contribution in [0.15, 0.2) is 78.9 Å². The molecule has 0 aliphatic carbocycles. The average molecular weight is 471 g/mol. The van der Waals surface area contributed by atoms with Crippen LogP contribution in [0.4, 0.5) is 5.82 Å². The molecule has 2 heterocycles. The van der Waals surface area contributed by atoms with Gasteiger partial charge in [-0.2, -0.15) is 9.78 Å². The molecule has 5 aromatic rings. The number of rotatable bonds is 7. The Morgan fingerprint density at radius 1 is 1.00 bits per heavy atom. The molecule has 34 heavy (non-hydrogen) atoms. The van der Waals surface area contributed by atoms with Crippen LogP contribution in [-0.4, -0.2) is 27.3 Å². The first kappa shape index (κ1) is 21.7. The standard InChI is InChI=1S/C26H22N4O3S/c1-3-32-21-10-7-11-22-24(21)28-26(34-22)30-23(16-17(2)29-30)27-25(31)18-12-14-20(15-13-18)33-19-8-5-4-6-9-19/h4-16H,3H2,1-2H3,(H,27,31). The first-order chi connectivity index (χ1) is 16.6. The van der Waals surface area contributed by atoms with Crippen molar-refractivity contribution in [2.24, 2.45) is 0 Å². The van der Waals surface area contributed by atoms with Crippen LogP contribution in [0.3, 0.4) is 0 Å². The minimum atomic E-state index is -0.247. The Labute approximate surface area is 200 Å². The highest BCUT2D eigenvalue weighted by atomic mass is 32.1. The van der Waals surface area contributed by atoms with E-state index in [2.05, 4.69) is 10.4 Å². The molecule has 0 saturated carbocycles. The molecule has 3 aromatic carbocycles. The molecule has 0 atom stereocenters. The molecule has 0 unspecified atom stereocenters. The van der Waals surface area contributed by atoms with Crippen molar-refractivity contribution in [3.05, 3.63) is 90.1 Å². The summed E-state index contributed by atoms with van der Waals surface area (Å²) >= 11 is 1.49. The van der Waals surface area contributed by atoms with Gasteiger partial charge in [-0.15, -0.1) is 0 Å². The third-order valence-corrected chi connectivity index (χ3v) is 6.02. The number of carbonyl (C=O) groups excluding carboxylic acids is 1. The lowest BCUT2D eigenvalue weighted by Crippen LogP contribution is -2.15. The van der Waals surface area contributed by atoms with Gasteiger partial charge in [0.1, 0.15) is 28.6 Å². The van der Waals surface area contributed by atoms with Crippen LogP contribution in [-0.2, 0) is 0 Å². The molecule has 8 heteroatoms. The lowest BCUT2D eigenvalue weighted by molar-refractivity contribution is 0.102. The molecule has 7 nitrogen and oxygen atoms in total. The molecule has 0 fully saturated rings. The van der Waals surface area contributed by atoms with Crippen molar-refractivity contribution in [3.8, 4) is 22.4 Å². The minimum Gasteiger partial charge on any atom is -0.492 e. The van der Waals surface area contributed by atoms with Gasteiger partial charge in [-0.25, -0.2) is 4.98 Å². The number of fused-ring (bicyclic) bond motifs is 1. The summed E-state index contributed by atoms with van der Waals surface area (Å²) in [7, 11) is 0. The zero-order valence-corrected chi connectivity index (χ0v) is 19.5. The number of aryl methyl sites for hydroxylation is 1. The van der Waals surface area contributed by atoms with Crippen molar-refractivity contribution in [2.45, 2.75) is 13.8 Å². The van der Waals surface area contributed by atoms with E-state index in [1.54, 1.807) is 28.9 Å². The van der Waals surface area contributed by atoms with E-state index in [0.717, 1.165) is 27.4 Å². The van der Waals surface area contributed by atoms with E-state index in [4.69, 9.17) is 14.5 Å². The molecule has 0 aliphatic heterocycles. The predicted octanol–water partition coefficient (Wildman–Crippen LogP) is 6.23. The summed E-state index contributed by atoms with van der Waals surface area (Å²) in [5.74, 6) is 2.42. The molecule has 0 bridgehead atoms. The second-order valence-electron chi connectivity index (χ2n) is 7.51. The molecule has 1 N–H and O–H groups in total. The maximum Gasteiger partial charge on any atom is 0.256 e. The third kappa shape index (κ3) is 4.49. The van der Waals surface area contributed by atoms with Crippen molar-refractivity contribution in [2.75, 3.05) is 11.9 Å². The second-order valence-corrected chi connectivity index (χ2v) is 8.52. The molecular formula is C26H22N4O3S. The van der Waals surface area contributed by atoms with Gasteiger partial charge in [0.05, 0.1) is 17.0 Å². The van der Waals surface area contributed by atoms with E-state index in [0.29, 0.717) is 28.9 Å². The maximum atomic E-state index is 13.0. The van der Waals surface area contributed by atoms with Crippen molar-refractivity contribution >= 4 is 33.3 Å². The Hall–Kier alpha value is -4.17. The SMILES string of the molecule is CCOc1cccc2sc(-n3nc(C)cc3NC(=O)c3ccc(Oc4ccccc4)cc3)nc12. The zero-order valence-electron chi connectivity index (χ0n) is 18.7. The van der Waals surface area contributed by atoms with Gasteiger partial charge in [-0.3, -0.25) is 4.79 Å². The summed E-state index contributed by atoms with van der Waals surface area (Å²) in [4.78, 5) is 17.7. The van der Waals surface area contributed by atoms with Crippen molar-refractivity contribution < 1.29 is 14.3 Å². The Balaban J connectivity index is 1.37. The number of carbonyl (C=O) groups is 1. The van der Waals surface area contributed by atoms with E-state index in [1.807, 2.05) is 68.4 Å². The summed E-state index contributed by atoms with van der Waals surface area (Å²) < 4.78 is 14.2. The monoisotopic (exact) mass is 470 g/mol. The fourth-order valence-electron chi connectivity index (χ4n) is 3.50. The van der Waals surface area contributed by atoms with E-state index in [9.17, 15) is 4.79 Å². The summed E-state index contributed by atoms with van der Waals surface area (Å²) in [5, 5.41) is 8.15. The minimum absolute atomic E-state index is 0.247. The number of anilines is 1. The maximum absolute atomic E-state index is 13.0. The van der Waals surface area contributed by atoms with Gasteiger partial charge < -0.3 is 14.8 Å². The number of hydrogen-bond donors (Lipinski definition) is 1. The predicted molar refractivity (Wildman–Crippen MR) is 134 cm³/mol. The second kappa shape index (κ2) is 9.36. The van der Waals surface area contributed by atoms with E-state index < -0.39 is 0 Å². The van der Waals surface area contributed by atoms with E-state index in [1.165, 1.54) is 11.3 Å². The average Bonchev–Trinajstić information content (AvgIpc) is 3.44. The highest BCUT2D eigenvalue weighted by molar-refractivity contribution is 7.20. The summed E-state index contributed by atoms with van der Waals surface area (Å²) in [6, 6.07) is 24.2. The smallest absolute Gasteiger partial charge is 0.256 e. The molecule has 1 amide bonds. The highest BCUT2D eigenvalue weighted by Gasteiger charge is 2.17. The molecule has 5 rings (SSSR count). The molecule has 0 aliphatic rings. The van der Waals surface area contributed by atoms with Gasteiger partial charge >= 0.3 is 0 Å². The van der Waals surface area contributed by atoms with E-state index in [-0.39, 0.29) is 5.91 Å². The van der Waals surface area contributed by atoms with Crippen LogP contribution in [0, 0.1) is 6.92 Å². The Bertz CT molecular complexity index is 1440. The number of nitrogens with one attached hydrogen (secondary N) is 1. The van der Waals surface area contributed by atoms with Gasteiger partial charge in [-0.1, -0.05) is 35.6 Å². The molecule has 170 valence electrons. The van der Waals surface area contributed by atoms with Crippen LogP contribution in [0.25, 0.3) is 15.3 Å². The number of benzene rings is 3. The van der Waals surface area contributed by atoms with Gasteiger partial charge in [-0.05, 0) is 62.4 Å². The van der Waals surface area contributed by atoms with Crippen molar-refractivity contribution in [1.29, 1.82) is 0 Å². The van der Waals surface area contributed by atoms with Crippen molar-refractivity contribution in [1.82, 2.24) is 14.8 Å². The zero-order chi connectivity index (χ0) is 23.5. The number of thiazole rings is 1. The largest absolute Gasteiger partial charge is 0.492 e. The third-order valence-electron chi connectivity index (χ3n) is 5.02. The number of amides is 1. The molecule has 2 aromatic heterocycles. The van der Waals surface area contributed by atoms with Crippen LogP contribution in [0.2, 0.25) is 0 Å². The van der Waals surface area contributed by atoms with E-state index >= 15 is 0 Å². The summed E-state index contributed by atoms with van der Waals surface area (Å²) in [6.07, 6.45) is 0. The lowest BCUT2D eigenvalue weighted by Gasteiger charge is -2.08. The Kier molecular flexibility index (Phi) is 5.97. The Morgan fingerprint density at radius 3 is 2.53 bits per heavy atom. The van der Waals surface area contributed by atoms with Crippen LogP contribution in [0.5, 0.6) is 17.2 Å². The highest BCUT2D eigenvalue weighted by Crippen LogP contribution is 2.33. The van der Waals surface area contributed by atoms with Crippen LogP contribution in [0.1, 0.15) is 23.0 Å². The number of hydrogen-bond acceptors (Lipinski definition) is 6. The molecule has 0 saturated heterocycles. The quantitative estimate of drug-likeness (QED) is 0.305. The number of nitrogens with zero attached hydrogens (tertiary/aromatic N) is 3. The Morgan fingerprint density at radius 2 is 1.76 bits per heavy atom. The van der Waals surface area contributed by atoms with Crippen molar-refractivity contribution in [3.63, 3.8) is 0 Å². The molecular weight excluding hydrogens is 448 g/mol. The van der Waals surface area contributed by atoms with Crippen LogP contribution < -0.4 is 14.8 Å². The normalized spacial score (nSPS) is 10.9. The number of ether oxygens (including phenoxy) is 2.